The maximum atomic E-state index is 12.6. The zero-order valence-electron chi connectivity index (χ0n) is 15.4. The molecule has 0 spiro atoms. The lowest BCUT2D eigenvalue weighted by Crippen LogP contribution is -2.40. The maximum absolute atomic E-state index is 12.6. The molecule has 0 aliphatic rings. The van der Waals surface area contributed by atoms with Crippen molar-refractivity contribution in [1.82, 2.24) is 14.1 Å². The van der Waals surface area contributed by atoms with E-state index in [-0.39, 0.29) is 11.4 Å². The normalized spacial score (nSPS) is 10.8. The first-order valence-corrected chi connectivity index (χ1v) is 9.30. The quantitative estimate of drug-likeness (QED) is 0.673. The van der Waals surface area contributed by atoms with Crippen molar-refractivity contribution < 1.29 is 4.74 Å². The molecule has 1 aromatic carbocycles. The van der Waals surface area contributed by atoms with E-state index in [1.807, 2.05) is 31.2 Å². The van der Waals surface area contributed by atoms with Crippen LogP contribution in [0.15, 0.2) is 39.2 Å². The number of anilines is 3. The Morgan fingerprint density at radius 1 is 1.33 bits per heavy atom. The van der Waals surface area contributed by atoms with Crippen LogP contribution in [-0.2, 0) is 13.6 Å². The molecule has 8 nitrogen and oxygen atoms in total. The first-order valence-electron chi connectivity index (χ1n) is 8.42. The first kappa shape index (κ1) is 18.7. The molecule has 0 aliphatic heterocycles. The molecular formula is C18H21N5O3S. The molecule has 0 aliphatic carbocycles. The van der Waals surface area contributed by atoms with Crippen molar-refractivity contribution in [3.63, 3.8) is 0 Å². The van der Waals surface area contributed by atoms with Crippen LogP contribution in [-0.4, -0.2) is 21.2 Å². The fourth-order valence-corrected chi connectivity index (χ4v) is 3.46. The number of rotatable bonds is 6. The van der Waals surface area contributed by atoms with Crippen LogP contribution in [0.25, 0.3) is 11.3 Å². The Bertz CT molecular complexity index is 1080. The molecule has 0 unspecified atom stereocenters. The molecule has 0 amide bonds. The van der Waals surface area contributed by atoms with Crippen LogP contribution in [0, 0.1) is 0 Å². The third-order valence-electron chi connectivity index (χ3n) is 4.11. The van der Waals surface area contributed by atoms with Crippen LogP contribution in [0.2, 0.25) is 0 Å². The van der Waals surface area contributed by atoms with Gasteiger partial charge in [-0.15, -0.1) is 11.3 Å². The van der Waals surface area contributed by atoms with E-state index in [0.717, 1.165) is 22.4 Å². The number of nitrogens with two attached hydrogens (primary N) is 1. The molecule has 3 aromatic rings. The van der Waals surface area contributed by atoms with E-state index in [1.54, 1.807) is 12.5 Å². The highest BCUT2D eigenvalue weighted by Gasteiger charge is 2.19. The summed E-state index contributed by atoms with van der Waals surface area (Å²) in [5.41, 5.74) is 6.76. The summed E-state index contributed by atoms with van der Waals surface area (Å²) >= 11 is 1.35. The van der Waals surface area contributed by atoms with Crippen LogP contribution in [0.1, 0.15) is 13.3 Å². The van der Waals surface area contributed by atoms with Gasteiger partial charge in [-0.05, 0) is 18.6 Å². The summed E-state index contributed by atoms with van der Waals surface area (Å²) in [5, 5.41) is 5.53. The molecular weight excluding hydrogens is 366 g/mol. The summed E-state index contributed by atoms with van der Waals surface area (Å²) in [5.74, 6) is 0.865. The molecule has 0 saturated carbocycles. The van der Waals surface area contributed by atoms with Crippen LogP contribution in [0.5, 0.6) is 5.75 Å². The second-order valence-electron chi connectivity index (χ2n) is 5.95. The van der Waals surface area contributed by atoms with Gasteiger partial charge in [0.05, 0.1) is 12.8 Å². The van der Waals surface area contributed by atoms with E-state index in [0.29, 0.717) is 17.4 Å². The first-order chi connectivity index (χ1) is 13.0. The lowest BCUT2D eigenvalue weighted by atomic mass is 10.2. The van der Waals surface area contributed by atoms with Crippen molar-refractivity contribution >= 4 is 28.0 Å². The minimum absolute atomic E-state index is 0.142. The average Bonchev–Trinajstić information content (AvgIpc) is 3.11. The largest absolute Gasteiger partial charge is 0.497 e. The molecule has 0 fully saturated rings. The van der Waals surface area contributed by atoms with Gasteiger partial charge in [0, 0.05) is 30.7 Å². The van der Waals surface area contributed by atoms with Gasteiger partial charge in [-0.25, -0.2) is 9.78 Å². The van der Waals surface area contributed by atoms with Gasteiger partial charge in [0.25, 0.3) is 5.56 Å². The fraction of sp³-hybridized carbons (Fsp3) is 0.278. The summed E-state index contributed by atoms with van der Waals surface area (Å²) < 4.78 is 7.68. The predicted molar refractivity (Wildman–Crippen MR) is 108 cm³/mol. The van der Waals surface area contributed by atoms with Gasteiger partial charge in [-0.3, -0.25) is 13.9 Å². The highest BCUT2D eigenvalue weighted by atomic mass is 32.1. The van der Waals surface area contributed by atoms with Gasteiger partial charge < -0.3 is 15.8 Å². The number of nitrogens with one attached hydrogen (secondary N) is 1. The van der Waals surface area contributed by atoms with E-state index in [1.165, 1.54) is 23.0 Å². The highest BCUT2D eigenvalue weighted by molar-refractivity contribution is 7.14. The Balaban J connectivity index is 2.01. The minimum Gasteiger partial charge on any atom is -0.497 e. The number of hydrogen-bond donors (Lipinski definition) is 2. The Morgan fingerprint density at radius 3 is 2.81 bits per heavy atom. The van der Waals surface area contributed by atoms with Crippen molar-refractivity contribution in [2.24, 2.45) is 7.05 Å². The van der Waals surface area contributed by atoms with E-state index in [2.05, 4.69) is 10.3 Å². The zero-order chi connectivity index (χ0) is 19.6. The second-order valence-corrected chi connectivity index (χ2v) is 6.81. The number of methoxy groups -OCH3 is 1. The SMILES string of the molecule is CCCn1c(N)c(-c2csc(Nc3cccc(OC)c3)n2)c(=O)n(C)c1=O. The fourth-order valence-electron chi connectivity index (χ4n) is 2.73. The Labute approximate surface area is 159 Å². The molecule has 0 atom stereocenters. The van der Waals surface area contributed by atoms with Crippen molar-refractivity contribution in [1.29, 1.82) is 0 Å². The average molecular weight is 387 g/mol. The summed E-state index contributed by atoms with van der Waals surface area (Å²) in [7, 11) is 3.05. The van der Waals surface area contributed by atoms with Gasteiger partial charge >= 0.3 is 5.69 Å². The topological polar surface area (TPSA) is 104 Å². The van der Waals surface area contributed by atoms with Gasteiger partial charge in [-0.1, -0.05) is 13.0 Å². The smallest absolute Gasteiger partial charge is 0.332 e. The van der Waals surface area contributed by atoms with Gasteiger partial charge in [0.2, 0.25) is 0 Å². The van der Waals surface area contributed by atoms with E-state index < -0.39 is 11.2 Å². The number of hydrogen-bond acceptors (Lipinski definition) is 7. The van der Waals surface area contributed by atoms with Crippen molar-refractivity contribution in [2.75, 3.05) is 18.2 Å². The summed E-state index contributed by atoms with van der Waals surface area (Å²) in [6.45, 7) is 2.38. The van der Waals surface area contributed by atoms with Crippen molar-refractivity contribution in [3.05, 3.63) is 50.5 Å². The molecule has 2 heterocycles. The van der Waals surface area contributed by atoms with Crippen LogP contribution in [0.4, 0.5) is 16.6 Å². The Kier molecular flexibility index (Phi) is 5.31. The third-order valence-corrected chi connectivity index (χ3v) is 4.87. The number of nitrogen functional groups attached to an aromatic ring is 1. The lowest BCUT2D eigenvalue weighted by molar-refractivity contribution is 0.415. The highest BCUT2D eigenvalue weighted by Crippen LogP contribution is 2.29. The maximum Gasteiger partial charge on any atom is 0.332 e. The Hall–Kier alpha value is -3.07. The van der Waals surface area contributed by atoms with Crippen LogP contribution < -0.4 is 27.0 Å². The number of ether oxygens (including phenoxy) is 1. The van der Waals surface area contributed by atoms with E-state index in [4.69, 9.17) is 10.5 Å². The molecule has 0 bridgehead atoms. The van der Waals surface area contributed by atoms with Crippen molar-refractivity contribution in [2.45, 2.75) is 19.9 Å². The molecule has 3 rings (SSSR count). The number of aromatic nitrogens is 3. The summed E-state index contributed by atoms with van der Waals surface area (Å²) in [6, 6.07) is 7.44. The standard InChI is InChI=1S/C18H21N5O3S/c1-4-8-23-15(19)14(16(24)22(2)18(23)25)13-10-27-17(21-13)20-11-6-5-7-12(9-11)26-3/h5-7,9-10H,4,8,19H2,1-3H3,(H,20,21). The van der Waals surface area contributed by atoms with E-state index in [9.17, 15) is 9.59 Å². The van der Waals surface area contributed by atoms with E-state index >= 15 is 0 Å². The van der Waals surface area contributed by atoms with Crippen LogP contribution in [0.3, 0.4) is 0 Å². The zero-order valence-corrected chi connectivity index (χ0v) is 16.2. The lowest BCUT2D eigenvalue weighted by Gasteiger charge is -2.13. The number of nitrogens with zero attached hydrogens (tertiary/aromatic N) is 3. The number of benzene rings is 1. The van der Waals surface area contributed by atoms with Crippen molar-refractivity contribution in [3.8, 4) is 17.0 Å². The monoisotopic (exact) mass is 387 g/mol. The second kappa shape index (κ2) is 7.67. The number of thiazole rings is 1. The molecule has 27 heavy (non-hydrogen) atoms. The van der Waals surface area contributed by atoms with Gasteiger partial charge in [0.15, 0.2) is 5.13 Å². The molecule has 9 heteroatoms. The van der Waals surface area contributed by atoms with Gasteiger partial charge in [0.1, 0.15) is 17.1 Å². The van der Waals surface area contributed by atoms with Crippen LogP contribution >= 0.6 is 11.3 Å². The summed E-state index contributed by atoms with van der Waals surface area (Å²) in [4.78, 5) is 29.4. The molecule has 142 valence electrons. The van der Waals surface area contributed by atoms with Gasteiger partial charge in [-0.2, -0.15) is 0 Å². The third kappa shape index (κ3) is 3.59. The molecule has 2 aromatic heterocycles. The predicted octanol–water partition coefficient (Wildman–Crippen LogP) is 2.41. The summed E-state index contributed by atoms with van der Waals surface area (Å²) in [6.07, 6.45) is 0.724. The molecule has 3 N–H and O–H groups in total. The molecule has 0 radical (unpaired) electrons. The minimum atomic E-state index is -0.455. The molecule has 0 saturated heterocycles. The Morgan fingerprint density at radius 2 is 2.11 bits per heavy atom.